The number of halogens is 2. The summed E-state index contributed by atoms with van der Waals surface area (Å²) < 4.78 is 26.4. The largest absolute Gasteiger partial charge is 0.337 e. The van der Waals surface area contributed by atoms with Crippen LogP contribution in [0.4, 0.5) is 8.78 Å². The first-order chi connectivity index (χ1) is 9.47. The summed E-state index contributed by atoms with van der Waals surface area (Å²) in [6, 6.07) is 6.72. The Morgan fingerprint density at radius 3 is 2.60 bits per heavy atom. The number of carbonyl (C=O) groups excluding carboxylic acids is 1. The van der Waals surface area contributed by atoms with Crippen LogP contribution in [0.5, 0.6) is 0 Å². The van der Waals surface area contributed by atoms with Gasteiger partial charge in [-0.05, 0) is 25.1 Å². The second-order valence-corrected chi connectivity index (χ2v) is 4.59. The maximum Gasteiger partial charge on any atom is 0.255 e. The number of amides is 1. The van der Waals surface area contributed by atoms with Crippen LogP contribution in [0.25, 0.3) is 0 Å². The number of hydrogen-bond acceptors (Lipinski definition) is 2. The Bertz CT molecular complexity index is 626. The molecule has 1 aromatic carbocycles. The highest BCUT2D eigenvalue weighted by Gasteiger charge is 2.14. The van der Waals surface area contributed by atoms with E-state index in [4.69, 9.17) is 0 Å². The van der Waals surface area contributed by atoms with E-state index < -0.39 is 11.6 Å². The molecule has 0 bridgehead atoms. The van der Waals surface area contributed by atoms with E-state index in [1.54, 1.807) is 19.2 Å². The molecule has 1 heterocycles. The smallest absolute Gasteiger partial charge is 0.255 e. The molecule has 0 saturated carbocycles. The van der Waals surface area contributed by atoms with Gasteiger partial charge in [0.1, 0.15) is 11.6 Å². The van der Waals surface area contributed by atoms with Gasteiger partial charge in [0.2, 0.25) is 0 Å². The zero-order chi connectivity index (χ0) is 14.7. The van der Waals surface area contributed by atoms with Crippen LogP contribution in [0, 0.1) is 18.6 Å². The van der Waals surface area contributed by atoms with Crippen LogP contribution < -0.4 is 0 Å². The number of aromatic nitrogens is 1. The number of nitrogens with zero attached hydrogens (tertiary/aromatic N) is 2. The molecule has 1 amide bonds. The zero-order valence-electron chi connectivity index (χ0n) is 11.2. The van der Waals surface area contributed by atoms with E-state index in [2.05, 4.69) is 4.98 Å². The van der Waals surface area contributed by atoms with E-state index in [-0.39, 0.29) is 18.0 Å². The summed E-state index contributed by atoms with van der Waals surface area (Å²) in [7, 11) is 1.56. The van der Waals surface area contributed by atoms with Crippen LogP contribution >= 0.6 is 0 Å². The third-order valence-corrected chi connectivity index (χ3v) is 2.93. The maximum absolute atomic E-state index is 13.5. The van der Waals surface area contributed by atoms with Crippen molar-refractivity contribution in [3.63, 3.8) is 0 Å². The van der Waals surface area contributed by atoms with Crippen LogP contribution in [0.1, 0.15) is 21.6 Å². The lowest BCUT2D eigenvalue weighted by molar-refractivity contribution is 0.0783. The lowest BCUT2D eigenvalue weighted by Gasteiger charge is -2.17. The molecule has 2 aromatic rings. The Hall–Kier alpha value is -2.30. The van der Waals surface area contributed by atoms with Crippen molar-refractivity contribution in [3.05, 3.63) is 65.0 Å². The molecule has 0 N–H and O–H groups in total. The van der Waals surface area contributed by atoms with E-state index in [0.29, 0.717) is 5.56 Å². The fourth-order valence-electron chi connectivity index (χ4n) is 1.79. The van der Waals surface area contributed by atoms with Gasteiger partial charge in [0, 0.05) is 37.1 Å². The Labute approximate surface area is 115 Å². The molecule has 104 valence electrons. The molecule has 0 aliphatic rings. The van der Waals surface area contributed by atoms with Gasteiger partial charge in [-0.25, -0.2) is 8.78 Å². The van der Waals surface area contributed by atoms with Gasteiger partial charge in [-0.15, -0.1) is 0 Å². The first-order valence-corrected chi connectivity index (χ1v) is 6.09. The molecule has 0 unspecified atom stereocenters. The fourth-order valence-corrected chi connectivity index (χ4v) is 1.79. The van der Waals surface area contributed by atoms with Gasteiger partial charge in [0.25, 0.3) is 5.91 Å². The average molecular weight is 276 g/mol. The van der Waals surface area contributed by atoms with Crippen molar-refractivity contribution in [1.82, 2.24) is 9.88 Å². The van der Waals surface area contributed by atoms with Gasteiger partial charge in [-0.2, -0.15) is 0 Å². The number of rotatable bonds is 3. The van der Waals surface area contributed by atoms with Crippen molar-refractivity contribution in [3.8, 4) is 0 Å². The summed E-state index contributed by atoms with van der Waals surface area (Å²) in [6.07, 6.45) is 1.48. The van der Waals surface area contributed by atoms with Gasteiger partial charge < -0.3 is 4.90 Å². The predicted octanol–water partition coefficient (Wildman–Crippen LogP) is 2.94. The minimum atomic E-state index is -0.660. The number of carbonyl (C=O) groups is 1. The normalized spacial score (nSPS) is 10.4. The summed E-state index contributed by atoms with van der Waals surface area (Å²) >= 11 is 0. The monoisotopic (exact) mass is 276 g/mol. The number of pyridine rings is 1. The molecule has 5 heteroatoms. The summed E-state index contributed by atoms with van der Waals surface area (Å²) in [5.74, 6) is -1.56. The summed E-state index contributed by atoms with van der Waals surface area (Å²) in [6.45, 7) is 1.89. The Kier molecular flexibility index (Phi) is 4.08. The van der Waals surface area contributed by atoms with Gasteiger partial charge in [0.15, 0.2) is 0 Å². The second kappa shape index (κ2) is 5.77. The molecule has 0 aliphatic heterocycles. The van der Waals surface area contributed by atoms with Crippen molar-refractivity contribution >= 4 is 5.91 Å². The van der Waals surface area contributed by atoms with Crippen molar-refractivity contribution in [2.45, 2.75) is 13.5 Å². The summed E-state index contributed by atoms with van der Waals surface area (Å²) in [5.41, 5.74) is 1.51. The topological polar surface area (TPSA) is 33.2 Å². The molecule has 0 spiro atoms. The Morgan fingerprint density at radius 1 is 1.25 bits per heavy atom. The number of benzene rings is 1. The first-order valence-electron chi connectivity index (χ1n) is 6.09. The average Bonchev–Trinajstić information content (AvgIpc) is 2.42. The fraction of sp³-hybridized carbons (Fsp3) is 0.200. The zero-order valence-corrected chi connectivity index (χ0v) is 11.2. The molecule has 0 saturated heterocycles. The van der Waals surface area contributed by atoms with Gasteiger partial charge in [-0.1, -0.05) is 6.07 Å². The highest BCUT2D eigenvalue weighted by molar-refractivity contribution is 5.93. The molecular formula is C15H14F2N2O. The number of hydrogen-bond donors (Lipinski definition) is 0. The molecule has 0 fully saturated rings. The summed E-state index contributed by atoms with van der Waals surface area (Å²) in [4.78, 5) is 17.5. The van der Waals surface area contributed by atoms with Crippen LogP contribution in [0.2, 0.25) is 0 Å². The maximum atomic E-state index is 13.5. The van der Waals surface area contributed by atoms with Crippen molar-refractivity contribution < 1.29 is 13.6 Å². The standard InChI is InChI=1S/C15H14F2N2O/c1-10-3-4-11(8-18-10)15(20)19(2)9-12-5-6-13(16)7-14(12)17/h3-8H,9H2,1-2H3. The minimum absolute atomic E-state index is 0.0683. The molecule has 0 atom stereocenters. The molecule has 0 aliphatic carbocycles. The quantitative estimate of drug-likeness (QED) is 0.863. The van der Waals surface area contributed by atoms with E-state index in [1.807, 2.05) is 6.92 Å². The van der Waals surface area contributed by atoms with Gasteiger partial charge in [-0.3, -0.25) is 9.78 Å². The first kappa shape index (κ1) is 14.1. The highest BCUT2D eigenvalue weighted by Crippen LogP contribution is 2.13. The SMILES string of the molecule is Cc1ccc(C(=O)N(C)Cc2ccc(F)cc2F)cn1. The molecule has 0 radical (unpaired) electrons. The van der Waals surface area contributed by atoms with E-state index in [9.17, 15) is 13.6 Å². The minimum Gasteiger partial charge on any atom is -0.337 e. The number of aryl methyl sites for hydroxylation is 1. The molecular weight excluding hydrogens is 262 g/mol. The molecule has 1 aromatic heterocycles. The summed E-state index contributed by atoms with van der Waals surface area (Å²) in [5, 5.41) is 0. The molecule has 20 heavy (non-hydrogen) atoms. The van der Waals surface area contributed by atoms with Gasteiger partial charge in [0.05, 0.1) is 5.56 Å². The van der Waals surface area contributed by atoms with E-state index in [0.717, 1.165) is 11.8 Å². The van der Waals surface area contributed by atoms with Crippen molar-refractivity contribution in [2.24, 2.45) is 0 Å². The Morgan fingerprint density at radius 2 is 2.00 bits per heavy atom. The third kappa shape index (κ3) is 3.17. The van der Waals surface area contributed by atoms with Crippen LogP contribution in [0.3, 0.4) is 0 Å². The predicted molar refractivity (Wildman–Crippen MR) is 71.1 cm³/mol. The molecule has 2 rings (SSSR count). The second-order valence-electron chi connectivity index (χ2n) is 4.59. The lowest BCUT2D eigenvalue weighted by atomic mass is 10.1. The van der Waals surface area contributed by atoms with Crippen molar-refractivity contribution in [1.29, 1.82) is 0 Å². The van der Waals surface area contributed by atoms with E-state index in [1.165, 1.54) is 23.2 Å². The van der Waals surface area contributed by atoms with Crippen LogP contribution in [-0.4, -0.2) is 22.8 Å². The van der Waals surface area contributed by atoms with Crippen LogP contribution in [-0.2, 0) is 6.54 Å². The third-order valence-electron chi connectivity index (χ3n) is 2.93. The van der Waals surface area contributed by atoms with Crippen LogP contribution in [0.15, 0.2) is 36.5 Å². The van der Waals surface area contributed by atoms with E-state index >= 15 is 0 Å². The molecule has 3 nitrogen and oxygen atoms in total. The lowest BCUT2D eigenvalue weighted by Crippen LogP contribution is -2.26. The highest BCUT2D eigenvalue weighted by atomic mass is 19.1. The Balaban J connectivity index is 2.13. The van der Waals surface area contributed by atoms with Crippen molar-refractivity contribution in [2.75, 3.05) is 7.05 Å². The van der Waals surface area contributed by atoms with Gasteiger partial charge >= 0.3 is 0 Å².